The molecule has 0 aliphatic carbocycles. The first kappa shape index (κ1) is 26.5. The molecule has 0 radical (unpaired) electrons. The molecule has 9 heteroatoms. The van der Waals surface area contributed by atoms with E-state index in [1.54, 1.807) is 0 Å². The second-order valence-electron chi connectivity index (χ2n) is 7.58. The summed E-state index contributed by atoms with van der Waals surface area (Å²) >= 11 is 0. The summed E-state index contributed by atoms with van der Waals surface area (Å²) in [7, 11) is 0. The number of alkyl halides is 3. The second-order valence-corrected chi connectivity index (χ2v) is 7.58. The molecule has 0 aromatic heterocycles. The number of hydrogen-bond acceptors (Lipinski definition) is 3. The Morgan fingerprint density at radius 3 is 2.03 bits per heavy atom. The van der Waals surface area contributed by atoms with Gasteiger partial charge in [-0.1, -0.05) is 50.2 Å². The number of carboxylic acid groups (broad SMARTS) is 1. The molecular weight excluding hydrogens is 452 g/mol. The van der Waals surface area contributed by atoms with E-state index < -0.39 is 12.1 Å². The van der Waals surface area contributed by atoms with Gasteiger partial charge in [0.1, 0.15) is 5.82 Å². The monoisotopic (exact) mass is 476 g/mol. The quantitative estimate of drug-likeness (QED) is 0.389. The molecule has 3 rings (SSSR count). The predicted octanol–water partition coefficient (Wildman–Crippen LogP) is 5.88. The van der Waals surface area contributed by atoms with Crippen LogP contribution in [0.15, 0.2) is 72.8 Å². The van der Waals surface area contributed by atoms with Crippen LogP contribution in [-0.2, 0) is 11.3 Å². The van der Waals surface area contributed by atoms with Crippen LogP contribution in [0.2, 0.25) is 0 Å². The van der Waals surface area contributed by atoms with Crippen LogP contribution in [0.1, 0.15) is 29.8 Å². The van der Waals surface area contributed by atoms with Crippen LogP contribution in [-0.4, -0.2) is 29.2 Å². The Labute approximate surface area is 194 Å². The SMILES string of the molecule is CC(C)NCc1ccc(-c2cccc(NC(=O)c3ccc(F)cc3)c2)cc1.O=C(O)C(F)(F)F. The van der Waals surface area contributed by atoms with Crippen molar-refractivity contribution in [2.75, 3.05) is 5.32 Å². The third-order valence-electron chi connectivity index (χ3n) is 4.47. The molecule has 0 saturated heterocycles. The van der Waals surface area contributed by atoms with Crippen molar-refractivity contribution in [3.63, 3.8) is 0 Å². The Kier molecular flexibility index (Phi) is 9.32. The van der Waals surface area contributed by atoms with E-state index in [9.17, 15) is 22.4 Å². The van der Waals surface area contributed by atoms with E-state index in [-0.39, 0.29) is 11.7 Å². The number of nitrogens with one attached hydrogen (secondary N) is 2. The first-order valence-electron chi connectivity index (χ1n) is 10.3. The molecule has 3 aromatic carbocycles. The zero-order valence-corrected chi connectivity index (χ0v) is 18.5. The highest BCUT2D eigenvalue weighted by Gasteiger charge is 2.38. The van der Waals surface area contributed by atoms with Gasteiger partial charge in [-0.2, -0.15) is 13.2 Å². The van der Waals surface area contributed by atoms with Crippen molar-refractivity contribution in [3.05, 3.63) is 89.7 Å². The van der Waals surface area contributed by atoms with E-state index in [2.05, 4.69) is 48.7 Å². The largest absolute Gasteiger partial charge is 0.490 e. The lowest BCUT2D eigenvalue weighted by Crippen LogP contribution is -2.21. The Bertz CT molecular complexity index is 1100. The minimum absolute atomic E-state index is 0.262. The number of anilines is 1. The van der Waals surface area contributed by atoms with Crippen LogP contribution in [0.25, 0.3) is 11.1 Å². The van der Waals surface area contributed by atoms with Gasteiger partial charge in [0, 0.05) is 23.8 Å². The van der Waals surface area contributed by atoms with Crippen LogP contribution in [0.5, 0.6) is 0 Å². The first-order valence-corrected chi connectivity index (χ1v) is 10.3. The van der Waals surface area contributed by atoms with Gasteiger partial charge in [-0.25, -0.2) is 9.18 Å². The fourth-order valence-electron chi connectivity index (χ4n) is 2.72. The summed E-state index contributed by atoms with van der Waals surface area (Å²) in [5.41, 5.74) is 4.46. The Balaban J connectivity index is 0.000000509. The number of halogens is 4. The van der Waals surface area contributed by atoms with Crippen LogP contribution in [0.3, 0.4) is 0 Å². The van der Waals surface area contributed by atoms with Gasteiger partial charge in [0.05, 0.1) is 0 Å². The molecule has 1 amide bonds. The van der Waals surface area contributed by atoms with Crippen LogP contribution in [0, 0.1) is 5.82 Å². The molecule has 0 unspecified atom stereocenters. The van der Waals surface area contributed by atoms with E-state index in [1.807, 2.05) is 24.3 Å². The highest BCUT2D eigenvalue weighted by Crippen LogP contribution is 2.23. The Morgan fingerprint density at radius 1 is 0.912 bits per heavy atom. The number of amides is 1. The molecule has 3 aromatic rings. The zero-order chi connectivity index (χ0) is 25.3. The molecule has 0 spiro atoms. The third kappa shape index (κ3) is 8.67. The molecular formula is C25H24F4N2O3. The maximum Gasteiger partial charge on any atom is 0.490 e. The highest BCUT2D eigenvalue weighted by atomic mass is 19.4. The van der Waals surface area contributed by atoms with E-state index >= 15 is 0 Å². The van der Waals surface area contributed by atoms with Gasteiger partial charge >= 0.3 is 12.1 Å². The van der Waals surface area contributed by atoms with Crippen molar-refractivity contribution in [1.82, 2.24) is 5.32 Å². The molecule has 5 nitrogen and oxygen atoms in total. The third-order valence-corrected chi connectivity index (χ3v) is 4.47. The van der Waals surface area contributed by atoms with E-state index in [4.69, 9.17) is 9.90 Å². The minimum atomic E-state index is -5.08. The van der Waals surface area contributed by atoms with Gasteiger partial charge in [0.25, 0.3) is 5.91 Å². The Hall–Kier alpha value is -3.72. The zero-order valence-electron chi connectivity index (χ0n) is 18.5. The summed E-state index contributed by atoms with van der Waals surface area (Å²) in [6, 6.07) is 22.0. The summed E-state index contributed by atoms with van der Waals surface area (Å²) in [6.45, 7) is 5.09. The van der Waals surface area contributed by atoms with Crippen molar-refractivity contribution in [2.24, 2.45) is 0 Å². The maximum absolute atomic E-state index is 13.0. The molecule has 0 atom stereocenters. The molecule has 0 fully saturated rings. The maximum atomic E-state index is 13.0. The predicted molar refractivity (Wildman–Crippen MR) is 122 cm³/mol. The molecule has 0 heterocycles. The first-order chi connectivity index (χ1) is 16.0. The molecule has 0 aliphatic heterocycles. The van der Waals surface area contributed by atoms with Crippen LogP contribution >= 0.6 is 0 Å². The number of carbonyl (C=O) groups excluding carboxylic acids is 1. The van der Waals surface area contributed by atoms with Crippen LogP contribution < -0.4 is 10.6 Å². The molecule has 0 aliphatic rings. The second kappa shape index (κ2) is 11.9. The number of rotatable bonds is 6. The van der Waals surface area contributed by atoms with Gasteiger partial charge in [-0.3, -0.25) is 4.79 Å². The van der Waals surface area contributed by atoms with Gasteiger partial charge in [-0.05, 0) is 53.1 Å². The highest BCUT2D eigenvalue weighted by molar-refractivity contribution is 6.04. The number of carboxylic acids is 1. The fourth-order valence-corrected chi connectivity index (χ4v) is 2.72. The van der Waals surface area contributed by atoms with Gasteiger partial charge in [0.2, 0.25) is 0 Å². The average Bonchev–Trinajstić information content (AvgIpc) is 2.78. The summed E-state index contributed by atoms with van der Waals surface area (Å²) in [5, 5.41) is 13.4. The summed E-state index contributed by atoms with van der Waals surface area (Å²) in [4.78, 5) is 21.2. The normalized spacial score (nSPS) is 10.9. The van der Waals surface area contributed by atoms with Gasteiger partial charge < -0.3 is 15.7 Å². The number of hydrogen-bond donors (Lipinski definition) is 3. The van der Waals surface area contributed by atoms with Crippen molar-refractivity contribution in [2.45, 2.75) is 32.6 Å². The smallest absolute Gasteiger partial charge is 0.475 e. The summed E-state index contributed by atoms with van der Waals surface area (Å²) in [6.07, 6.45) is -5.08. The average molecular weight is 476 g/mol. The molecule has 0 bridgehead atoms. The molecule has 34 heavy (non-hydrogen) atoms. The fraction of sp³-hybridized carbons (Fsp3) is 0.200. The van der Waals surface area contributed by atoms with E-state index in [0.717, 1.165) is 17.7 Å². The summed E-state index contributed by atoms with van der Waals surface area (Å²) in [5.74, 6) is -3.38. The summed E-state index contributed by atoms with van der Waals surface area (Å²) < 4.78 is 44.7. The lowest BCUT2D eigenvalue weighted by molar-refractivity contribution is -0.192. The van der Waals surface area contributed by atoms with E-state index in [1.165, 1.54) is 29.8 Å². The number of benzene rings is 3. The lowest BCUT2D eigenvalue weighted by Gasteiger charge is -2.10. The Morgan fingerprint density at radius 2 is 1.50 bits per heavy atom. The number of aliphatic carboxylic acids is 1. The standard InChI is InChI=1S/C23H23FN2O.C2HF3O2/c1-16(2)25-15-17-6-8-18(9-7-17)20-4-3-5-22(14-20)26-23(27)19-10-12-21(24)13-11-19;3-2(4,5)1(6)7/h3-14,16,25H,15H2,1-2H3,(H,26,27);(H,6,7). The molecule has 180 valence electrons. The van der Waals surface area contributed by atoms with Crippen LogP contribution in [0.4, 0.5) is 23.2 Å². The number of carbonyl (C=O) groups is 2. The van der Waals surface area contributed by atoms with Crippen molar-refractivity contribution in [1.29, 1.82) is 0 Å². The minimum Gasteiger partial charge on any atom is -0.475 e. The van der Waals surface area contributed by atoms with Crippen molar-refractivity contribution < 1.29 is 32.3 Å². The van der Waals surface area contributed by atoms with Gasteiger partial charge in [0.15, 0.2) is 0 Å². The van der Waals surface area contributed by atoms with Crippen molar-refractivity contribution >= 4 is 17.6 Å². The molecule has 0 saturated carbocycles. The van der Waals surface area contributed by atoms with Crippen molar-refractivity contribution in [3.8, 4) is 11.1 Å². The molecule has 3 N–H and O–H groups in total. The van der Waals surface area contributed by atoms with Gasteiger partial charge in [-0.15, -0.1) is 0 Å². The lowest BCUT2D eigenvalue weighted by atomic mass is 10.0. The van der Waals surface area contributed by atoms with E-state index in [0.29, 0.717) is 17.3 Å². The topological polar surface area (TPSA) is 78.4 Å².